The molecule has 0 saturated heterocycles. The molecule has 0 bridgehead atoms. The van der Waals surface area contributed by atoms with Crippen molar-refractivity contribution in [1.29, 1.82) is 0 Å². The van der Waals surface area contributed by atoms with E-state index in [1.807, 2.05) is 42.5 Å². The maximum Gasteiger partial charge on any atom is 0.134 e. The molecule has 17 heavy (non-hydrogen) atoms. The van der Waals surface area contributed by atoms with Crippen molar-refractivity contribution in [2.24, 2.45) is 0 Å². The van der Waals surface area contributed by atoms with Crippen LogP contribution in [0.1, 0.15) is 5.56 Å². The van der Waals surface area contributed by atoms with Gasteiger partial charge in [-0.1, -0.05) is 37.9 Å². The van der Waals surface area contributed by atoms with Crippen LogP contribution < -0.4 is 4.74 Å². The molecule has 1 N–H and O–H groups in total. The number of rotatable bonds is 3. The van der Waals surface area contributed by atoms with Gasteiger partial charge in [0.25, 0.3) is 0 Å². The average molecular weight is 358 g/mol. The minimum Gasteiger partial charge on any atom is -0.457 e. The molecule has 2 nitrogen and oxygen atoms in total. The summed E-state index contributed by atoms with van der Waals surface area (Å²) in [5.41, 5.74) is 0.760. The molecule has 4 heteroatoms. The Morgan fingerprint density at radius 2 is 1.59 bits per heavy atom. The predicted molar refractivity (Wildman–Crippen MR) is 74.3 cm³/mol. The van der Waals surface area contributed by atoms with Gasteiger partial charge in [-0.05, 0) is 36.4 Å². The number of aliphatic hydroxyl groups excluding tert-OH is 1. The van der Waals surface area contributed by atoms with Gasteiger partial charge in [0.15, 0.2) is 0 Å². The van der Waals surface area contributed by atoms with Crippen LogP contribution in [0.2, 0.25) is 0 Å². The zero-order valence-electron chi connectivity index (χ0n) is 8.86. The van der Waals surface area contributed by atoms with Gasteiger partial charge >= 0.3 is 0 Å². The van der Waals surface area contributed by atoms with Crippen LogP contribution in [-0.4, -0.2) is 5.11 Å². The minimum absolute atomic E-state index is 0.0425. The van der Waals surface area contributed by atoms with Crippen LogP contribution in [0.15, 0.2) is 51.4 Å². The first-order valence-corrected chi connectivity index (χ1v) is 6.60. The van der Waals surface area contributed by atoms with Gasteiger partial charge in [-0.15, -0.1) is 0 Å². The van der Waals surface area contributed by atoms with Crippen LogP contribution in [0.5, 0.6) is 11.5 Å². The van der Waals surface area contributed by atoms with Gasteiger partial charge in [0.05, 0.1) is 6.61 Å². The lowest BCUT2D eigenvalue weighted by atomic mass is 10.2. The van der Waals surface area contributed by atoms with Gasteiger partial charge < -0.3 is 9.84 Å². The fourth-order valence-electron chi connectivity index (χ4n) is 1.38. The van der Waals surface area contributed by atoms with E-state index in [4.69, 9.17) is 4.74 Å². The lowest BCUT2D eigenvalue weighted by Gasteiger charge is -2.10. The number of aliphatic hydroxyl groups is 1. The molecule has 0 atom stereocenters. The Balaban J connectivity index is 2.28. The molecule has 0 heterocycles. The van der Waals surface area contributed by atoms with Gasteiger partial charge in [0, 0.05) is 14.5 Å². The van der Waals surface area contributed by atoms with Crippen molar-refractivity contribution in [3.8, 4) is 11.5 Å². The Kier molecular flexibility index (Phi) is 4.20. The lowest BCUT2D eigenvalue weighted by Crippen LogP contribution is -1.91. The van der Waals surface area contributed by atoms with Gasteiger partial charge in [0.1, 0.15) is 11.5 Å². The highest BCUT2D eigenvalue weighted by atomic mass is 79.9. The van der Waals surface area contributed by atoms with E-state index in [-0.39, 0.29) is 6.61 Å². The second-order valence-corrected chi connectivity index (χ2v) is 5.30. The van der Waals surface area contributed by atoms with Crippen LogP contribution in [-0.2, 0) is 6.61 Å². The number of ether oxygens (including phenoxy) is 1. The zero-order chi connectivity index (χ0) is 12.3. The van der Waals surface area contributed by atoms with Crippen molar-refractivity contribution in [3.05, 3.63) is 57.0 Å². The molecule has 0 aliphatic rings. The monoisotopic (exact) mass is 356 g/mol. The number of hydrogen-bond acceptors (Lipinski definition) is 2. The Labute approximate surface area is 116 Å². The van der Waals surface area contributed by atoms with Crippen LogP contribution in [0.25, 0.3) is 0 Å². The molecule has 0 unspecified atom stereocenters. The van der Waals surface area contributed by atoms with E-state index in [2.05, 4.69) is 31.9 Å². The summed E-state index contributed by atoms with van der Waals surface area (Å²) < 4.78 is 7.65. The first-order chi connectivity index (χ1) is 8.19. The summed E-state index contributed by atoms with van der Waals surface area (Å²) >= 11 is 6.75. The Morgan fingerprint density at radius 3 is 2.24 bits per heavy atom. The van der Waals surface area contributed by atoms with Crippen LogP contribution >= 0.6 is 31.9 Å². The highest BCUT2D eigenvalue weighted by Gasteiger charge is 2.05. The third-order valence-electron chi connectivity index (χ3n) is 2.24. The highest BCUT2D eigenvalue weighted by molar-refractivity contribution is 9.10. The van der Waals surface area contributed by atoms with Crippen molar-refractivity contribution < 1.29 is 9.84 Å². The maximum absolute atomic E-state index is 9.23. The predicted octanol–water partition coefficient (Wildman–Crippen LogP) is 4.50. The number of halogens is 2. The second kappa shape index (κ2) is 5.67. The second-order valence-electron chi connectivity index (χ2n) is 3.47. The van der Waals surface area contributed by atoms with E-state index in [9.17, 15) is 5.11 Å². The summed E-state index contributed by atoms with van der Waals surface area (Å²) in [5, 5.41) is 9.23. The third kappa shape index (κ3) is 3.31. The zero-order valence-corrected chi connectivity index (χ0v) is 12.0. The van der Waals surface area contributed by atoms with Crippen LogP contribution in [0.4, 0.5) is 0 Å². The molecule has 2 aromatic carbocycles. The molecule has 0 saturated carbocycles. The summed E-state index contributed by atoms with van der Waals surface area (Å²) in [7, 11) is 0. The highest BCUT2D eigenvalue weighted by Crippen LogP contribution is 2.29. The molecule has 0 aliphatic heterocycles. The quantitative estimate of drug-likeness (QED) is 0.876. The van der Waals surface area contributed by atoms with Crippen molar-refractivity contribution in [2.45, 2.75) is 6.61 Å². The normalized spacial score (nSPS) is 10.3. The molecule has 0 amide bonds. The molecule has 88 valence electrons. The number of hydrogen-bond donors (Lipinski definition) is 1. The fourth-order valence-corrected chi connectivity index (χ4v) is 1.99. The van der Waals surface area contributed by atoms with Gasteiger partial charge in [0.2, 0.25) is 0 Å². The molecule has 2 rings (SSSR count). The molecular weight excluding hydrogens is 348 g/mol. The summed E-state index contributed by atoms with van der Waals surface area (Å²) in [5.74, 6) is 1.39. The van der Waals surface area contributed by atoms with Crippen molar-refractivity contribution in [2.75, 3.05) is 0 Å². The van der Waals surface area contributed by atoms with E-state index in [0.29, 0.717) is 5.75 Å². The van der Waals surface area contributed by atoms with Gasteiger partial charge in [-0.2, -0.15) is 0 Å². The Hall–Kier alpha value is -0.840. The summed E-state index contributed by atoms with van der Waals surface area (Å²) in [6.07, 6.45) is 0. The van der Waals surface area contributed by atoms with Crippen LogP contribution in [0.3, 0.4) is 0 Å². The largest absolute Gasteiger partial charge is 0.457 e. The van der Waals surface area contributed by atoms with E-state index in [1.54, 1.807) is 0 Å². The lowest BCUT2D eigenvalue weighted by molar-refractivity contribution is 0.276. The van der Waals surface area contributed by atoms with Gasteiger partial charge in [-0.25, -0.2) is 0 Å². The molecule has 0 radical (unpaired) electrons. The number of benzene rings is 2. The first kappa shape index (κ1) is 12.6. The maximum atomic E-state index is 9.23. The molecule has 0 spiro atoms. The van der Waals surface area contributed by atoms with Crippen LogP contribution in [0, 0.1) is 0 Å². The smallest absolute Gasteiger partial charge is 0.134 e. The standard InChI is InChI=1S/C13H10Br2O2/c14-10-3-5-12(6-4-10)17-13-7-11(15)2-1-9(13)8-16/h1-7,16H,8H2. The van der Waals surface area contributed by atoms with Gasteiger partial charge in [-0.3, -0.25) is 0 Å². The van der Waals surface area contributed by atoms with E-state index in [1.165, 1.54) is 0 Å². The molecule has 2 aromatic rings. The summed E-state index contributed by atoms with van der Waals surface area (Å²) in [6, 6.07) is 13.1. The summed E-state index contributed by atoms with van der Waals surface area (Å²) in [6.45, 7) is -0.0425. The van der Waals surface area contributed by atoms with E-state index in [0.717, 1.165) is 20.3 Å². The third-order valence-corrected chi connectivity index (χ3v) is 3.26. The fraction of sp³-hybridized carbons (Fsp3) is 0.0769. The summed E-state index contributed by atoms with van der Waals surface area (Å²) in [4.78, 5) is 0. The van der Waals surface area contributed by atoms with E-state index < -0.39 is 0 Å². The Morgan fingerprint density at radius 1 is 0.941 bits per heavy atom. The molecule has 0 fully saturated rings. The molecule has 0 aromatic heterocycles. The Bertz CT molecular complexity index is 509. The first-order valence-electron chi connectivity index (χ1n) is 5.02. The SMILES string of the molecule is OCc1ccc(Br)cc1Oc1ccc(Br)cc1. The van der Waals surface area contributed by atoms with E-state index >= 15 is 0 Å². The minimum atomic E-state index is -0.0425. The topological polar surface area (TPSA) is 29.5 Å². The average Bonchev–Trinajstić information content (AvgIpc) is 2.32. The molecule has 0 aliphatic carbocycles. The van der Waals surface area contributed by atoms with Crippen molar-refractivity contribution in [1.82, 2.24) is 0 Å². The molecular formula is C13H10Br2O2. The van der Waals surface area contributed by atoms with Crippen molar-refractivity contribution in [3.63, 3.8) is 0 Å². The van der Waals surface area contributed by atoms with Crippen molar-refractivity contribution >= 4 is 31.9 Å².